The third-order valence-corrected chi connectivity index (χ3v) is 7.98. The summed E-state index contributed by atoms with van der Waals surface area (Å²) in [6, 6.07) is 24.3. The number of para-hydroxylation sites is 3. The minimum atomic E-state index is -1.15. The van der Waals surface area contributed by atoms with Crippen LogP contribution in [0.3, 0.4) is 0 Å². The van der Waals surface area contributed by atoms with Crippen molar-refractivity contribution < 1.29 is 24.0 Å². The Labute approximate surface area is 216 Å². The maximum absolute atomic E-state index is 14.2. The summed E-state index contributed by atoms with van der Waals surface area (Å²) in [6.07, 6.45) is -0.210. The van der Waals surface area contributed by atoms with Gasteiger partial charge in [0.05, 0.1) is 29.1 Å². The molecule has 38 heavy (non-hydrogen) atoms. The molecule has 3 aliphatic rings. The number of ketones is 1. The number of fused-ring (bicyclic) bond motifs is 5. The molecule has 1 N–H and O–H groups in total. The molecule has 0 saturated carbocycles. The van der Waals surface area contributed by atoms with Crippen LogP contribution in [0.1, 0.15) is 28.4 Å². The van der Waals surface area contributed by atoms with E-state index in [1.165, 1.54) is 0 Å². The first-order chi connectivity index (χ1) is 18.5. The van der Waals surface area contributed by atoms with Gasteiger partial charge in [0.1, 0.15) is 0 Å². The molecule has 2 fully saturated rings. The fourth-order valence-corrected chi connectivity index (χ4v) is 6.40. The molecule has 4 aromatic rings. The molecule has 4 atom stereocenters. The Kier molecular flexibility index (Phi) is 4.75. The first-order valence-electron chi connectivity index (χ1n) is 12.5. The van der Waals surface area contributed by atoms with E-state index < -0.39 is 53.1 Å². The summed E-state index contributed by atoms with van der Waals surface area (Å²) in [4.78, 5) is 74.4. The van der Waals surface area contributed by atoms with E-state index in [9.17, 15) is 24.0 Å². The van der Waals surface area contributed by atoms with E-state index >= 15 is 0 Å². The zero-order valence-electron chi connectivity index (χ0n) is 20.0. The highest BCUT2D eigenvalue weighted by atomic mass is 16.2. The Balaban J connectivity index is 1.40. The summed E-state index contributed by atoms with van der Waals surface area (Å²) in [7, 11) is 0. The topological polar surface area (TPSA) is 108 Å². The molecule has 4 amide bonds. The van der Waals surface area contributed by atoms with Crippen LogP contribution in [0.25, 0.3) is 10.9 Å². The van der Waals surface area contributed by atoms with Gasteiger partial charge in [-0.3, -0.25) is 28.9 Å². The lowest BCUT2D eigenvalue weighted by Gasteiger charge is -2.32. The summed E-state index contributed by atoms with van der Waals surface area (Å²) < 4.78 is 0. The van der Waals surface area contributed by atoms with Crippen LogP contribution in [0.4, 0.5) is 11.4 Å². The molecule has 1 aromatic heterocycles. The summed E-state index contributed by atoms with van der Waals surface area (Å²) in [5.74, 6) is -6.62. The van der Waals surface area contributed by atoms with E-state index in [2.05, 4.69) is 4.98 Å². The van der Waals surface area contributed by atoms with Crippen molar-refractivity contribution in [1.82, 2.24) is 4.98 Å². The van der Waals surface area contributed by atoms with Gasteiger partial charge in [-0.25, -0.2) is 4.90 Å². The molecular weight excluding hydrogens is 482 g/mol. The minimum absolute atomic E-state index is 0.210. The number of carbonyl (C=O) groups is 5. The molecule has 8 heteroatoms. The van der Waals surface area contributed by atoms with Crippen molar-refractivity contribution in [1.29, 1.82) is 0 Å². The quantitative estimate of drug-likeness (QED) is 0.428. The van der Waals surface area contributed by atoms with Gasteiger partial charge in [-0.15, -0.1) is 0 Å². The summed E-state index contributed by atoms with van der Waals surface area (Å²) in [5.41, 5.74) is 2.20. The largest absolute Gasteiger partial charge is 0.357 e. The Morgan fingerprint density at radius 2 is 1.24 bits per heavy atom. The van der Waals surface area contributed by atoms with Gasteiger partial charge in [-0.05, 0) is 30.3 Å². The number of anilines is 2. The maximum Gasteiger partial charge on any atom is 0.243 e. The second-order valence-electron chi connectivity index (χ2n) is 9.91. The number of aromatic amines is 1. The molecule has 2 saturated heterocycles. The van der Waals surface area contributed by atoms with Gasteiger partial charge < -0.3 is 4.98 Å². The molecule has 2 aliphatic heterocycles. The highest BCUT2D eigenvalue weighted by molar-refractivity contribution is 6.29. The van der Waals surface area contributed by atoms with Crippen LogP contribution in [0.5, 0.6) is 0 Å². The summed E-state index contributed by atoms with van der Waals surface area (Å²) in [5, 5.41) is 0.631. The van der Waals surface area contributed by atoms with Crippen LogP contribution in [0.15, 0.2) is 84.9 Å². The molecule has 0 bridgehead atoms. The van der Waals surface area contributed by atoms with Crippen LogP contribution in [-0.4, -0.2) is 34.4 Å². The Hall–Kier alpha value is -4.85. The van der Waals surface area contributed by atoms with Crippen LogP contribution < -0.4 is 9.80 Å². The van der Waals surface area contributed by atoms with Gasteiger partial charge in [0, 0.05) is 34.5 Å². The second-order valence-corrected chi connectivity index (χ2v) is 9.91. The number of H-pyrrole nitrogens is 1. The number of hydrogen-bond donors (Lipinski definition) is 1. The van der Waals surface area contributed by atoms with E-state index in [4.69, 9.17) is 0 Å². The average molecular weight is 504 g/mol. The molecule has 8 nitrogen and oxygen atoms in total. The molecule has 0 spiro atoms. The first kappa shape index (κ1) is 22.4. The predicted octanol–water partition coefficient (Wildman–Crippen LogP) is 3.83. The number of Topliss-reactive ketones (excluding diaryl/α,β-unsaturated/α-hetero) is 1. The number of benzene rings is 3. The SMILES string of the molecule is O=C1c2c([nH]c3ccccc23)[C@H]2C(=O)N(c3ccccc3)C(=O)[C@H]2[C@@H]1C1CC(=O)N(c2ccccc2)C1=O. The van der Waals surface area contributed by atoms with Crippen molar-refractivity contribution in [3.8, 4) is 0 Å². The Morgan fingerprint density at radius 3 is 1.92 bits per heavy atom. The molecule has 1 aliphatic carbocycles. The van der Waals surface area contributed by atoms with Crippen molar-refractivity contribution >= 4 is 51.7 Å². The molecule has 0 radical (unpaired) electrons. The number of nitrogens with one attached hydrogen (secondary N) is 1. The highest BCUT2D eigenvalue weighted by Crippen LogP contribution is 2.52. The molecule has 3 heterocycles. The van der Waals surface area contributed by atoms with Gasteiger partial charge in [0.2, 0.25) is 23.6 Å². The number of rotatable bonds is 3. The van der Waals surface area contributed by atoms with Gasteiger partial charge >= 0.3 is 0 Å². The smallest absolute Gasteiger partial charge is 0.243 e. The zero-order valence-corrected chi connectivity index (χ0v) is 20.0. The van der Waals surface area contributed by atoms with E-state index in [0.717, 1.165) is 9.80 Å². The van der Waals surface area contributed by atoms with Crippen LogP contribution in [-0.2, 0) is 19.2 Å². The van der Waals surface area contributed by atoms with Gasteiger partial charge in [-0.2, -0.15) is 0 Å². The zero-order chi connectivity index (χ0) is 26.1. The molecule has 3 aromatic carbocycles. The number of nitrogens with zero attached hydrogens (tertiary/aromatic N) is 2. The lowest BCUT2D eigenvalue weighted by atomic mass is 9.66. The number of amides is 4. The van der Waals surface area contributed by atoms with Gasteiger partial charge in [0.25, 0.3) is 0 Å². The van der Waals surface area contributed by atoms with Crippen molar-refractivity contribution in [3.63, 3.8) is 0 Å². The van der Waals surface area contributed by atoms with E-state index in [-0.39, 0.29) is 6.42 Å². The number of hydrogen-bond acceptors (Lipinski definition) is 5. The van der Waals surface area contributed by atoms with Crippen molar-refractivity contribution in [3.05, 3.63) is 96.2 Å². The van der Waals surface area contributed by atoms with Gasteiger partial charge in [0.15, 0.2) is 5.78 Å². The fraction of sp³-hybridized carbons (Fsp3) is 0.167. The third-order valence-electron chi connectivity index (χ3n) is 7.98. The van der Waals surface area contributed by atoms with Gasteiger partial charge in [-0.1, -0.05) is 54.6 Å². The van der Waals surface area contributed by atoms with E-state index in [1.54, 1.807) is 72.8 Å². The Bertz CT molecular complexity index is 1680. The van der Waals surface area contributed by atoms with Crippen LogP contribution in [0.2, 0.25) is 0 Å². The fourth-order valence-electron chi connectivity index (χ4n) is 6.40. The Morgan fingerprint density at radius 1 is 0.632 bits per heavy atom. The normalized spacial score (nSPS) is 24.9. The van der Waals surface area contributed by atoms with Crippen molar-refractivity contribution in [2.75, 3.05) is 9.80 Å². The third kappa shape index (κ3) is 2.94. The minimum Gasteiger partial charge on any atom is -0.357 e. The summed E-state index contributed by atoms with van der Waals surface area (Å²) >= 11 is 0. The monoisotopic (exact) mass is 503 g/mol. The van der Waals surface area contributed by atoms with E-state index in [0.29, 0.717) is 33.5 Å². The highest BCUT2D eigenvalue weighted by Gasteiger charge is 2.62. The molecule has 7 rings (SSSR count). The number of aromatic nitrogens is 1. The second kappa shape index (κ2) is 8.08. The number of imide groups is 2. The predicted molar refractivity (Wildman–Crippen MR) is 138 cm³/mol. The molecular formula is C30H21N3O5. The van der Waals surface area contributed by atoms with Crippen LogP contribution >= 0.6 is 0 Å². The lowest BCUT2D eigenvalue weighted by molar-refractivity contribution is -0.125. The maximum atomic E-state index is 14.2. The first-order valence-corrected chi connectivity index (χ1v) is 12.5. The van der Waals surface area contributed by atoms with Crippen LogP contribution in [0, 0.1) is 17.8 Å². The molecule has 186 valence electrons. The summed E-state index contributed by atoms with van der Waals surface area (Å²) in [6.45, 7) is 0. The molecule has 1 unspecified atom stereocenters. The average Bonchev–Trinajstić information content (AvgIpc) is 3.54. The van der Waals surface area contributed by atoms with E-state index in [1.807, 2.05) is 12.1 Å². The van der Waals surface area contributed by atoms with Crippen molar-refractivity contribution in [2.45, 2.75) is 12.3 Å². The lowest BCUT2D eigenvalue weighted by Crippen LogP contribution is -2.44. The standard InChI is InChI=1S/C30H21N3O5/c34-21-15-19(28(36)32(21)16-9-3-1-4-10-16)22-24-25(30(38)33(29(24)37)17-11-5-2-6-12-17)26-23(27(22)35)18-13-7-8-14-20(18)31-26/h1-14,19,22,24-25,31H,15H2/t19?,22-,24-,25-/m0/s1. The number of carbonyl (C=O) groups excluding carboxylic acids is 5. The van der Waals surface area contributed by atoms with Crippen molar-refractivity contribution in [2.24, 2.45) is 17.8 Å².